The van der Waals surface area contributed by atoms with Gasteiger partial charge in [-0.1, -0.05) is 25.0 Å². The molecule has 1 aliphatic rings. The van der Waals surface area contributed by atoms with Crippen LogP contribution in [0.3, 0.4) is 0 Å². The summed E-state index contributed by atoms with van der Waals surface area (Å²) in [6, 6.07) is 3.01. The molecule has 0 aliphatic heterocycles. The van der Waals surface area contributed by atoms with Crippen LogP contribution >= 0.6 is 0 Å². The van der Waals surface area contributed by atoms with Gasteiger partial charge in [0.25, 0.3) is 5.91 Å². The summed E-state index contributed by atoms with van der Waals surface area (Å²) >= 11 is 0. The number of aromatic nitrogens is 6. The molecule has 1 aliphatic carbocycles. The van der Waals surface area contributed by atoms with Crippen molar-refractivity contribution in [3.05, 3.63) is 42.0 Å². The van der Waals surface area contributed by atoms with E-state index in [-0.39, 0.29) is 17.7 Å². The van der Waals surface area contributed by atoms with Crippen LogP contribution in [-0.2, 0) is 18.9 Å². The summed E-state index contributed by atoms with van der Waals surface area (Å²) in [7, 11) is 3.53. The maximum absolute atomic E-state index is 13.3. The standard InChI is InChI=1S/C23H30N8O2/c1-14-5-7-16(8-6-14)20(28-22(32)18-13-25-29-30(18)3)23(33)27-19-10-9-17(12-24-19)21-15(2)11-26-31(21)4/h9-14,16,20H,5-8H2,1-4H3,(H,28,32)(H,24,27,33)/t14-,16-,20-/m0/s1. The Labute approximate surface area is 192 Å². The molecule has 174 valence electrons. The van der Waals surface area contributed by atoms with Gasteiger partial charge in [-0.25, -0.2) is 9.67 Å². The molecule has 10 heteroatoms. The average molecular weight is 451 g/mol. The van der Waals surface area contributed by atoms with Crippen molar-refractivity contribution >= 4 is 17.6 Å². The van der Waals surface area contributed by atoms with Crippen molar-refractivity contribution in [1.29, 1.82) is 0 Å². The highest BCUT2D eigenvalue weighted by molar-refractivity contribution is 6.00. The summed E-state index contributed by atoms with van der Waals surface area (Å²) in [5, 5.41) is 17.7. The van der Waals surface area contributed by atoms with E-state index < -0.39 is 6.04 Å². The van der Waals surface area contributed by atoms with Gasteiger partial charge in [0.1, 0.15) is 17.6 Å². The molecule has 0 unspecified atom stereocenters. The molecule has 10 nitrogen and oxygen atoms in total. The SMILES string of the molecule is Cc1cnn(C)c1-c1ccc(NC(=O)[C@@H](NC(=O)c2cnnn2C)[C@H]2CC[C@H](C)CC2)nc1. The van der Waals surface area contributed by atoms with Crippen LogP contribution < -0.4 is 10.6 Å². The topological polar surface area (TPSA) is 120 Å². The fourth-order valence-electron chi connectivity index (χ4n) is 4.50. The summed E-state index contributed by atoms with van der Waals surface area (Å²) in [5.74, 6) is 0.495. The van der Waals surface area contributed by atoms with Crippen LogP contribution in [0.5, 0.6) is 0 Å². The first-order valence-electron chi connectivity index (χ1n) is 11.2. The average Bonchev–Trinajstić information content (AvgIpc) is 3.38. The van der Waals surface area contributed by atoms with Gasteiger partial charge in [0.2, 0.25) is 5.91 Å². The minimum absolute atomic E-state index is 0.0581. The van der Waals surface area contributed by atoms with Crippen molar-refractivity contribution in [1.82, 2.24) is 35.1 Å². The van der Waals surface area contributed by atoms with Crippen molar-refractivity contribution in [2.75, 3.05) is 5.32 Å². The maximum atomic E-state index is 13.3. The minimum atomic E-state index is -0.666. The van der Waals surface area contributed by atoms with E-state index in [1.165, 1.54) is 10.9 Å². The predicted octanol–water partition coefficient (Wildman–Crippen LogP) is 2.48. The van der Waals surface area contributed by atoms with Gasteiger partial charge >= 0.3 is 0 Å². The Morgan fingerprint density at radius 3 is 2.39 bits per heavy atom. The number of rotatable bonds is 6. The van der Waals surface area contributed by atoms with Gasteiger partial charge in [0.15, 0.2) is 0 Å². The van der Waals surface area contributed by atoms with E-state index in [4.69, 9.17) is 0 Å². The van der Waals surface area contributed by atoms with E-state index in [1.54, 1.807) is 30.2 Å². The Morgan fingerprint density at radius 1 is 1.06 bits per heavy atom. The van der Waals surface area contributed by atoms with Gasteiger partial charge in [-0.05, 0) is 49.3 Å². The lowest BCUT2D eigenvalue weighted by Gasteiger charge is -2.32. The highest BCUT2D eigenvalue weighted by atomic mass is 16.2. The maximum Gasteiger partial charge on any atom is 0.271 e. The van der Waals surface area contributed by atoms with Gasteiger partial charge in [-0.2, -0.15) is 5.10 Å². The molecule has 3 aromatic heterocycles. The van der Waals surface area contributed by atoms with E-state index in [9.17, 15) is 9.59 Å². The molecule has 1 atom stereocenters. The lowest BCUT2D eigenvalue weighted by atomic mass is 9.79. The second-order valence-electron chi connectivity index (χ2n) is 8.94. The quantitative estimate of drug-likeness (QED) is 0.595. The number of nitrogens with zero attached hydrogens (tertiary/aromatic N) is 6. The number of pyridine rings is 1. The van der Waals surface area contributed by atoms with Gasteiger partial charge in [-0.15, -0.1) is 5.10 Å². The third-order valence-electron chi connectivity index (χ3n) is 6.46. The summed E-state index contributed by atoms with van der Waals surface area (Å²) in [6.07, 6.45) is 8.76. The molecule has 0 spiro atoms. The largest absolute Gasteiger partial charge is 0.339 e. The van der Waals surface area contributed by atoms with Gasteiger partial charge in [0.05, 0.1) is 18.1 Å². The van der Waals surface area contributed by atoms with Crippen LogP contribution in [-0.4, -0.2) is 47.6 Å². The van der Waals surface area contributed by atoms with Crippen LogP contribution in [0.1, 0.15) is 48.7 Å². The molecule has 0 aromatic carbocycles. The summed E-state index contributed by atoms with van der Waals surface area (Å²) in [5.41, 5.74) is 3.26. The third-order valence-corrected chi connectivity index (χ3v) is 6.46. The van der Waals surface area contributed by atoms with Crippen molar-refractivity contribution in [3.63, 3.8) is 0 Å². The molecule has 33 heavy (non-hydrogen) atoms. The number of anilines is 1. The first-order chi connectivity index (χ1) is 15.8. The molecule has 0 bridgehead atoms. The van der Waals surface area contributed by atoms with E-state index >= 15 is 0 Å². The number of nitrogens with one attached hydrogen (secondary N) is 2. The van der Waals surface area contributed by atoms with E-state index in [2.05, 4.69) is 38.0 Å². The molecule has 2 N–H and O–H groups in total. The van der Waals surface area contributed by atoms with Gasteiger partial charge in [0, 0.05) is 25.9 Å². The summed E-state index contributed by atoms with van der Waals surface area (Å²) in [4.78, 5) is 30.5. The highest BCUT2D eigenvalue weighted by Gasteiger charge is 2.33. The minimum Gasteiger partial charge on any atom is -0.339 e. The molecule has 2 amide bonds. The molecular formula is C23H30N8O2. The fraction of sp³-hybridized carbons (Fsp3) is 0.478. The second-order valence-corrected chi connectivity index (χ2v) is 8.94. The number of carbonyl (C=O) groups excluding carboxylic acids is 2. The van der Waals surface area contributed by atoms with Crippen LogP contribution in [0.25, 0.3) is 11.3 Å². The predicted molar refractivity (Wildman–Crippen MR) is 123 cm³/mol. The zero-order valence-electron chi connectivity index (χ0n) is 19.4. The zero-order valence-corrected chi connectivity index (χ0v) is 19.4. The number of amides is 2. The van der Waals surface area contributed by atoms with Gasteiger partial charge < -0.3 is 10.6 Å². The van der Waals surface area contributed by atoms with E-state index in [0.717, 1.165) is 42.5 Å². The van der Waals surface area contributed by atoms with Crippen LogP contribution in [0, 0.1) is 18.8 Å². The number of hydrogen-bond acceptors (Lipinski definition) is 6. The molecule has 3 aromatic rings. The first kappa shape index (κ1) is 22.6. The summed E-state index contributed by atoms with van der Waals surface area (Å²) in [6.45, 7) is 4.22. The van der Waals surface area contributed by atoms with E-state index in [1.807, 2.05) is 20.0 Å². The first-order valence-corrected chi connectivity index (χ1v) is 11.2. The van der Waals surface area contributed by atoms with Gasteiger partial charge in [-0.3, -0.25) is 14.3 Å². The monoisotopic (exact) mass is 450 g/mol. The van der Waals surface area contributed by atoms with Crippen molar-refractivity contribution < 1.29 is 9.59 Å². The molecule has 0 radical (unpaired) electrons. The Balaban J connectivity index is 1.51. The molecule has 4 rings (SSSR count). The highest BCUT2D eigenvalue weighted by Crippen LogP contribution is 2.31. The molecule has 1 fully saturated rings. The van der Waals surface area contributed by atoms with Crippen LogP contribution in [0.4, 0.5) is 5.82 Å². The Morgan fingerprint density at radius 2 is 1.82 bits per heavy atom. The smallest absolute Gasteiger partial charge is 0.271 e. The Kier molecular flexibility index (Phi) is 6.52. The number of aryl methyl sites for hydroxylation is 3. The third kappa shape index (κ3) is 4.94. The van der Waals surface area contributed by atoms with Crippen molar-refractivity contribution in [3.8, 4) is 11.3 Å². The van der Waals surface area contributed by atoms with Crippen LogP contribution in [0.2, 0.25) is 0 Å². The van der Waals surface area contributed by atoms with E-state index in [0.29, 0.717) is 17.4 Å². The lowest BCUT2D eigenvalue weighted by molar-refractivity contribution is -0.119. The molecule has 0 saturated heterocycles. The Hall–Kier alpha value is -3.56. The second kappa shape index (κ2) is 9.51. The lowest BCUT2D eigenvalue weighted by Crippen LogP contribution is -2.49. The van der Waals surface area contributed by atoms with Crippen molar-refractivity contribution in [2.45, 2.75) is 45.6 Å². The Bertz CT molecular complexity index is 1110. The summed E-state index contributed by atoms with van der Waals surface area (Å²) < 4.78 is 3.20. The number of hydrogen-bond donors (Lipinski definition) is 2. The molecule has 1 saturated carbocycles. The van der Waals surface area contributed by atoms with Crippen molar-refractivity contribution in [2.24, 2.45) is 25.9 Å². The van der Waals surface area contributed by atoms with Crippen LogP contribution in [0.15, 0.2) is 30.7 Å². The number of carbonyl (C=O) groups is 2. The molecular weight excluding hydrogens is 420 g/mol. The zero-order chi connectivity index (χ0) is 23.5. The molecule has 3 heterocycles. The normalized spacial score (nSPS) is 19.2. The fourth-order valence-corrected chi connectivity index (χ4v) is 4.50.